The van der Waals surface area contributed by atoms with Crippen LogP contribution in [0.15, 0.2) is 82.2 Å². The highest BCUT2D eigenvalue weighted by atomic mass is 35.5. The number of nitrogens with one attached hydrogen (secondary N) is 1. The maximum Gasteiger partial charge on any atom is 0.247 e. The minimum atomic E-state index is -4.16. The van der Waals surface area contributed by atoms with Crippen molar-refractivity contribution in [2.24, 2.45) is 0 Å². The van der Waals surface area contributed by atoms with Gasteiger partial charge in [0.2, 0.25) is 21.8 Å². The molecule has 4 rings (SSSR count). The highest BCUT2D eigenvalue weighted by molar-refractivity contribution is 7.89. The van der Waals surface area contributed by atoms with E-state index in [1.807, 2.05) is 32.0 Å². The molecule has 1 amide bonds. The molecule has 1 N–H and O–H groups in total. The van der Waals surface area contributed by atoms with E-state index in [-0.39, 0.29) is 28.1 Å². The molecule has 0 radical (unpaired) electrons. The van der Waals surface area contributed by atoms with Crippen LogP contribution in [0.5, 0.6) is 5.75 Å². The number of halogens is 1. The lowest BCUT2D eigenvalue weighted by atomic mass is 10.1. The van der Waals surface area contributed by atoms with E-state index in [9.17, 15) is 13.2 Å². The number of sulfonamides is 1. The van der Waals surface area contributed by atoms with Crippen LogP contribution >= 0.6 is 11.6 Å². The number of carbonyl (C=O) groups is 1. The highest BCUT2D eigenvalue weighted by Crippen LogP contribution is 2.30. The van der Waals surface area contributed by atoms with E-state index in [1.54, 1.807) is 42.5 Å². The van der Waals surface area contributed by atoms with Crippen LogP contribution in [-0.4, -0.2) is 42.4 Å². The Morgan fingerprint density at radius 3 is 2.41 bits per heavy atom. The first-order valence-electron chi connectivity index (χ1n) is 12.2. The summed E-state index contributed by atoms with van der Waals surface area (Å²) in [5.74, 6) is 0.945. The third-order valence-electron chi connectivity index (χ3n) is 5.84. The summed E-state index contributed by atoms with van der Waals surface area (Å²) in [5.41, 5.74) is 2.18. The normalized spacial score (nSPS) is 11.6. The van der Waals surface area contributed by atoms with Gasteiger partial charge in [0.1, 0.15) is 10.6 Å². The second-order valence-corrected chi connectivity index (χ2v) is 11.5. The van der Waals surface area contributed by atoms with Gasteiger partial charge in [0.15, 0.2) is 5.82 Å². The summed E-state index contributed by atoms with van der Waals surface area (Å²) in [6, 6.07) is 20.5. The van der Waals surface area contributed by atoms with Gasteiger partial charge in [0.25, 0.3) is 0 Å². The van der Waals surface area contributed by atoms with Gasteiger partial charge in [-0.1, -0.05) is 73.1 Å². The molecule has 0 fully saturated rings. The Bertz CT molecular complexity index is 1520. The van der Waals surface area contributed by atoms with Gasteiger partial charge < -0.3 is 14.6 Å². The van der Waals surface area contributed by atoms with E-state index >= 15 is 0 Å². The number of ether oxygens (including phenoxy) is 1. The van der Waals surface area contributed by atoms with Crippen LogP contribution in [0.1, 0.15) is 42.6 Å². The second kappa shape index (κ2) is 12.4. The number of methoxy groups -OCH3 is 1. The van der Waals surface area contributed by atoms with Gasteiger partial charge in [0.05, 0.1) is 13.7 Å². The summed E-state index contributed by atoms with van der Waals surface area (Å²) in [5, 5.41) is 7.02. The van der Waals surface area contributed by atoms with Gasteiger partial charge in [-0.2, -0.15) is 9.29 Å². The average molecular weight is 569 g/mol. The Balaban J connectivity index is 1.50. The van der Waals surface area contributed by atoms with Gasteiger partial charge in [-0.25, -0.2) is 8.42 Å². The molecule has 0 aliphatic carbocycles. The van der Waals surface area contributed by atoms with Crippen molar-refractivity contribution in [1.82, 2.24) is 14.4 Å². The van der Waals surface area contributed by atoms with Crippen molar-refractivity contribution in [3.05, 3.63) is 101 Å². The van der Waals surface area contributed by atoms with Crippen molar-refractivity contribution in [3.63, 3.8) is 0 Å². The van der Waals surface area contributed by atoms with E-state index in [2.05, 4.69) is 15.5 Å². The van der Waals surface area contributed by atoms with Crippen LogP contribution in [0, 0.1) is 0 Å². The molecule has 1 heterocycles. The Morgan fingerprint density at radius 2 is 1.77 bits per heavy atom. The Labute approximate surface area is 232 Å². The van der Waals surface area contributed by atoms with E-state index in [0.29, 0.717) is 23.8 Å². The molecule has 0 atom stereocenters. The fourth-order valence-electron chi connectivity index (χ4n) is 3.83. The van der Waals surface area contributed by atoms with E-state index < -0.39 is 22.5 Å². The number of aromatic nitrogens is 2. The van der Waals surface area contributed by atoms with Gasteiger partial charge in [-0.15, -0.1) is 0 Å². The van der Waals surface area contributed by atoms with Gasteiger partial charge in [-0.3, -0.25) is 4.79 Å². The van der Waals surface area contributed by atoms with Crippen LogP contribution in [-0.2, 0) is 27.8 Å². The molecule has 0 aliphatic heterocycles. The van der Waals surface area contributed by atoms with Crippen molar-refractivity contribution in [1.29, 1.82) is 0 Å². The topological polar surface area (TPSA) is 115 Å². The van der Waals surface area contributed by atoms with Crippen LogP contribution in [0.2, 0.25) is 5.02 Å². The molecule has 0 bridgehead atoms. The standard InChI is InChI=1S/C28H29ClN4O5S/c1-19(2)28-31-26(32-38-28)15-20-9-12-23(13-10-20)30-27(34)18-33(17-21-7-5-4-6-8-21)39(35,36)25-16-22(29)11-14-24(25)37-3/h4-14,16,19H,15,17-18H2,1-3H3,(H,30,34). The molecule has 0 saturated heterocycles. The molecular formula is C28H29ClN4O5S. The lowest BCUT2D eigenvalue weighted by Crippen LogP contribution is -2.37. The molecule has 0 saturated carbocycles. The Hall–Kier alpha value is -3.73. The number of carbonyl (C=O) groups excluding carboxylic acids is 1. The minimum Gasteiger partial charge on any atom is -0.495 e. The number of amides is 1. The largest absolute Gasteiger partial charge is 0.495 e. The molecule has 1 aromatic heterocycles. The van der Waals surface area contributed by atoms with Crippen LogP contribution in [0.3, 0.4) is 0 Å². The fraction of sp³-hybridized carbons (Fsp3) is 0.250. The van der Waals surface area contributed by atoms with Crippen molar-refractivity contribution in [2.45, 2.75) is 37.6 Å². The zero-order chi connectivity index (χ0) is 28.0. The summed E-state index contributed by atoms with van der Waals surface area (Å²) in [7, 11) is -2.78. The average Bonchev–Trinajstić information content (AvgIpc) is 3.39. The lowest BCUT2D eigenvalue weighted by molar-refractivity contribution is -0.116. The van der Waals surface area contributed by atoms with E-state index in [1.165, 1.54) is 19.2 Å². The SMILES string of the molecule is COc1ccc(Cl)cc1S(=O)(=O)N(CC(=O)Nc1ccc(Cc2noc(C(C)C)n2)cc1)Cc1ccccc1. The van der Waals surface area contributed by atoms with Gasteiger partial charge in [-0.05, 0) is 41.5 Å². The zero-order valence-electron chi connectivity index (χ0n) is 21.8. The molecule has 4 aromatic rings. The smallest absolute Gasteiger partial charge is 0.247 e. The number of hydrogen-bond acceptors (Lipinski definition) is 7. The quantitative estimate of drug-likeness (QED) is 0.262. The van der Waals surface area contributed by atoms with Crippen LogP contribution < -0.4 is 10.1 Å². The number of benzene rings is 3. The fourth-order valence-corrected chi connectivity index (χ4v) is 5.63. The number of rotatable bonds is 11. The van der Waals surface area contributed by atoms with Crippen LogP contribution in [0.25, 0.3) is 0 Å². The molecule has 0 spiro atoms. The van der Waals surface area contributed by atoms with E-state index in [4.69, 9.17) is 20.9 Å². The maximum atomic E-state index is 13.7. The van der Waals surface area contributed by atoms with Gasteiger partial charge >= 0.3 is 0 Å². The van der Waals surface area contributed by atoms with Crippen LogP contribution in [0.4, 0.5) is 5.69 Å². The Morgan fingerprint density at radius 1 is 1.05 bits per heavy atom. The Kier molecular flexibility index (Phi) is 9.01. The number of nitrogens with zero attached hydrogens (tertiary/aromatic N) is 3. The maximum absolute atomic E-state index is 13.7. The first kappa shape index (κ1) is 28.3. The third-order valence-corrected chi connectivity index (χ3v) is 7.89. The molecule has 204 valence electrons. The minimum absolute atomic E-state index is 0.0196. The lowest BCUT2D eigenvalue weighted by Gasteiger charge is -2.23. The predicted molar refractivity (Wildman–Crippen MR) is 148 cm³/mol. The first-order valence-corrected chi connectivity index (χ1v) is 14.1. The monoisotopic (exact) mass is 568 g/mol. The highest BCUT2D eigenvalue weighted by Gasteiger charge is 2.30. The molecule has 9 nitrogen and oxygen atoms in total. The predicted octanol–water partition coefficient (Wildman–Crippen LogP) is 5.28. The van der Waals surface area contributed by atoms with Crippen molar-refractivity contribution in [3.8, 4) is 5.75 Å². The van der Waals surface area contributed by atoms with Gasteiger partial charge in [0, 0.05) is 29.6 Å². The van der Waals surface area contributed by atoms with Crippen molar-refractivity contribution in [2.75, 3.05) is 19.0 Å². The number of anilines is 1. The molecule has 11 heteroatoms. The first-order chi connectivity index (χ1) is 18.7. The molecule has 0 aliphatic rings. The summed E-state index contributed by atoms with van der Waals surface area (Å²) < 4.78 is 39.0. The molecule has 0 unspecified atom stereocenters. The molecular weight excluding hydrogens is 540 g/mol. The third kappa shape index (κ3) is 7.23. The molecule has 3 aromatic carbocycles. The zero-order valence-corrected chi connectivity index (χ0v) is 23.4. The van der Waals surface area contributed by atoms with E-state index in [0.717, 1.165) is 15.4 Å². The second-order valence-electron chi connectivity index (χ2n) is 9.18. The summed E-state index contributed by atoms with van der Waals surface area (Å²) >= 11 is 6.11. The molecule has 39 heavy (non-hydrogen) atoms. The summed E-state index contributed by atoms with van der Waals surface area (Å²) in [6.45, 7) is 3.52. The van der Waals surface area contributed by atoms with Crippen molar-refractivity contribution < 1.29 is 22.5 Å². The number of hydrogen-bond donors (Lipinski definition) is 1. The summed E-state index contributed by atoms with van der Waals surface area (Å²) in [6.07, 6.45) is 0.481. The van der Waals surface area contributed by atoms with Crippen molar-refractivity contribution >= 4 is 33.2 Å². The summed E-state index contributed by atoms with van der Waals surface area (Å²) in [4.78, 5) is 17.3.